The van der Waals surface area contributed by atoms with Crippen LogP contribution in [0.1, 0.15) is 38.0 Å². The maximum Gasteiger partial charge on any atom is 0.308 e. The van der Waals surface area contributed by atoms with E-state index in [9.17, 15) is 13.2 Å². The van der Waals surface area contributed by atoms with E-state index < -0.39 is 16.0 Å². The fourth-order valence-corrected chi connectivity index (χ4v) is 5.85. The Kier molecular flexibility index (Phi) is 4.75. The van der Waals surface area contributed by atoms with Gasteiger partial charge in [0.1, 0.15) is 4.21 Å². The van der Waals surface area contributed by atoms with Crippen molar-refractivity contribution in [3.63, 3.8) is 0 Å². The smallest absolute Gasteiger partial charge is 0.308 e. The van der Waals surface area contributed by atoms with E-state index in [2.05, 4.69) is 13.8 Å². The summed E-state index contributed by atoms with van der Waals surface area (Å²) in [4.78, 5) is 11.3. The molecule has 21 heavy (non-hydrogen) atoms. The molecule has 118 valence electrons. The van der Waals surface area contributed by atoms with Crippen LogP contribution in [0.2, 0.25) is 0 Å². The first kappa shape index (κ1) is 16.5. The SMILES string of the molecule is CCC1(CC)CCN(S(=O)(=O)c2ccc(CC(=O)O)s2)C1. The summed E-state index contributed by atoms with van der Waals surface area (Å²) >= 11 is 1.06. The molecule has 0 saturated carbocycles. The van der Waals surface area contributed by atoms with Crippen molar-refractivity contribution in [1.82, 2.24) is 4.31 Å². The van der Waals surface area contributed by atoms with E-state index in [-0.39, 0.29) is 16.0 Å². The van der Waals surface area contributed by atoms with Crippen LogP contribution in [0.15, 0.2) is 16.3 Å². The average molecular weight is 331 g/mol. The zero-order valence-corrected chi connectivity index (χ0v) is 14.0. The topological polar surface area (TPSA) is 74.7 Å². The van der Waals surface area contributed by atoms with Crippen molar-refractivity contribution in [3.8, 4) is 0 Å². The molecule has 0 bridgehead atoms. The lowest BCUT2D eigenvalue weighted by atomic mass is 9.82. The summed E-state index contributed by atoms with van der Waals surface area (Å²) in [6.45, 7) is 5.33. The Bertz CT molecular complexity index is 617. The quantitative estimate of drug-likeness (QED) is 0.869. The highest BCUT2D eigenvalue weighted by atomic mass is 32.2. The highest BCUT2D eigenvalue weighted by molar-refractivity contribution is 7.91. The molecule has 1 fully saturated rings. The van der Waals surface area contributed by atoms with E-state index in [0.29, 0.717) is 18.0 Å². The number of carboxylic acids is 1. The molecule has 7 heteroatoms. The first-order valence-electron chi connectivity index (χ1n) is 7.13. The van der Waals surface area contributed by atoms with Gasteiger partial charge in [0.15, 0.2) is 0 Å². The van der Waals surface area contributed by atoms with Crippen LogP contribution in [0, 0.1) is 5.41 Å². The second kappa shape index (κ2) is 6.06. The predicted molar refractivity (Wildman–Crippen MR) is 82.0 cm³/mol. The Morgan fingerprint density at radius 1 is 1.38 bits per heavy atom. The van der Waals surface area contributed by atoms with E-state index in [4.69, 9.17) is 5.11 Å². The molecule has 1 aliphatic heterocycles. The molecule has 1 saturated heterocycles. The Morgan fingerprint density at radius 3 is 2.57 bits per heavy atom. The molecule has 1 aromatic rings. The lowest BCUT2D eigenvalue weighted by molar-refractivity contribution is -0.136. The largest absolute Gasteiger partial charge is 0.481 e. The molecule has 5 nitrogen and oxygen atoms in total. The van der Waals surface area contributed by atoms with Crippen molar-refractivity contribution >= 4 is 27.3 Å². The van der Waals surface area contributed by atoms with Gasteiger partial charge in [-0.25, -0.2) is 8.42 Å². The summed E-state index contributed by atoms with van der Waals surface area (Å²) in [7, 11) is -3.49. The molecule has 0 aliphatic carbocycles. The number of sulfonamides is 1. The minimum absolute atomic E-state index is 0.0915. The number of aliphatic carboxylic acids is 1. The van der Waals surface area contributed by atoms with Crippen molar-refractivity contribution in [2.45, 2.75) is 43.7 Å². The summed E-state index contributed by atoms with van der Waals surface area (Å²) < 4.78 is 27.1. The molecular formula is C14H21NO4S2. The molecule has 2 heterocycles. The summed E-state index contributed by atoms with van der Waals surface area (Å²) in [5.41, 5.74) is 0.0915. The summed E-state index contributed by atoms with van der Waals surface area (Å²) in [5, 5.41) is 8.77. The van der Waals surface area contributed by atoms with Crippen LogP contribution in [-0.4, -0.2) is 36.9 Å². The number of carboxylic acid groups (broad SMARTS) is 1. The molecule has 0 spiro atoms. The lowest BCUT2D eigenvalue weighted by Crippen LogP contribution is -2.31. The first-order valence-corrected chi connectivity index (χ1v) is 9.39. The van der Waals surface area contributed by atoms with Gasteiger partial charge in [-0.05, 0) is 36.8 Å². The molecule has 1 N–H and O–H groups in total. The van der Waals surface area contributed by atoms with Crippen LogP contribution in [0.25, 0.3) is 0 Å². The van der Waals surface area contributed by atoms with Gasteiger partial charge in [-0.1, -0.05) is 13.8 Å². The minimum Gasteiger partial charge on any atom is -0.481 e. The number of carbonyl (C=O) groups is 1. The fraction of sp³-hybridized carbons (Fsp3) is 0.643. The number of nitrogens with zero attached hydrogens (tertiary/aromatic N) is 1. The molecule has 1 aliphatic rings. The van der Waals surface area contributed by atoms with Gasteiger partial charge < -0.3 is 5.11 Å². The molecule has 2 rings (SSSR count). The number of hydrogen-bond acceptors (Lipinski definition) is 4. The molecule has 0 radical (unpaired) electrons. The zero-order valence-electron chi connectivity index (χ0n) is 12.3. The molecular weight excluding hydrogens is 310 g/mol. The standard InChI is InChI=1S/C14H21NO4S2/c1-3-14(4-2)7-8-15(10-14)21(18,19)13-6-5-11(20-13)9-12(16)17/h5-6H,3-4,7-10H2,1-2H3,(H,16,17). The van der Waals surface area contributed by atoms with Crippen LogP contribution in [0.3, 0.4) is 0 Å². The maximum atomic E-state index is 12.6. The average Bonchev–Trinajstić information content (AvgIpc) is 3.05. The molecule has 1 aromatic heterocycles. The van der Waals surface area contributed by atoms with Gasteiger partial charge >= 0.3 is 5.97 Å². The molecule has 0 aromatic carbocycles. The second-order valence-corrected chi connectivity index (χ2v) is 8.92. The van der Waals surface area contributed by atoms with E-state index in [1.807, 2.05) is 0 Å². The molecule has 0 atom stereocenters. The van der Waals surface area contributed by atoms with E-state index in [1.165, 1.54) is 6.07 Å². The van der Waals surface area contributed by atoms with Crippen LogP contribution in [0.4, 0.5) is 0 Å². The third-order valence-electron chi connectivity index (χ3n) is 4.46. The van der Waals surface area contributed by atoms with Crippen LogP contribution < -0.4 is 0 Å². The number of hydrogen-bond donors (Lipinski definition) is 1. The molecule has 0 unspecified atom stereocenters. The second-order valence-electron chi connectivity index (χ2n) is 5.59. The lowest BCUT2D eigenvalue weighted by Gasteiger charge is -2.26. The summed E-state index contributed by atoms with van der Waals surface area (Å²) in [6.07, 6.45) is 2.72. The Balaban J connectivity index is 2.19. The van der Waals surface area contributed by atoms with E-state index >= 15 is 0 Å². The monoisotopic (exact) mass is 331 g/mol. The summed E-state index contributed by atoms with van der Waals surface area (Å²) in [6, 6.07) is 3.12. The number of rotatable bonds is 6. The van der Waals surface area contributed by atoms with E-state index in [1.54, 1.807) is 10.4 Å². The van der Waals surface area contributed by atoms with Gasteiger partial charge in [0.25, 0.3) is 10.0 Å². The third-order valence-corrected chi connectivity index (χ3v) is 7.86. The Hall–Kier alpha value is -0.920. The first-order chi connectivity index (χ1) is 9.83. The highest BCUT2D eigenvalue weighted by Crippen LogP contribution is 2.40. The Labute approximate surface area is 129 Å². The van der Waals surface area contributed by atoms with Gasteiger partial charge in [-0.15, -0.1) is 11.3 Å². The van der Waals surface area contributed by atoms with Crippen molar-refractivity contribution in [1.29, 1.82) is 0 Å². The third kappa shape index (κ3) is 3.30. The van der Waals surface area contributed by atoms with Gasteiger partial charge in [0.2, 0.25) is 0 Å². The van der Waals surface area contributed by atoms with Gasteiger partial charge in [0, 0.05) is 18.0 Å². The van der Waals surface area contributed by atoms with Crippen LogP contribution >= 0.6 is 11.3 Å². The van der Waals surface area contributed by atoms with Crippen molar-refractivity contribution in [3.05, 3.63) is 17.0 Å². The van der Waals surface area contributed by atoms with Crippen LogP contribution in [-0.2, 0) is 21.2 Å². The minimum atomic E-state index is -3.49. The zero-order chi connectivity index (χ0) is 15.7. The van der Waals surface area contributed by atoms with Gasteiger partial charge in [-0.2, -0.15) is 4.31 Å². The van der Waals surface area contributed by atoms with Crippen molar-refractivity contribution in [2.75, 3.05) is 13.1 Å². The van der Waals surface area contributed by atoms with E-state index in [0.717, 1.165) is 30.6 Å². The maximum absolute atomic E-state index is 12.6. The Morgan fingerprint density at radius 2 is 2.05 bits per heavy atom. The van der Waals surface area contributed by atoms with Crippen molar-refractivity contribution < 1.29 is 18.3 Å². The number of thiophene rings is 1. The van der Waals surface area contributed by atoms with Crippen molar-refractivity contribution in [2.24, 2.45) is 5.41 Å². The highest BCUT2D eigenvalue weighted by Gasteiger charge is 2.41. The van der Waals surface area contributed by atoms with Crippen LogP contribution in [0.5, 0.6) is 0 Å². The van der Waals surface area contributed by atoms with Gasteiger partial charge in [-0.3, -0.25) is 4.79 Å². The fourth-order valence-electron chi connectivity index (χ4n) is 2.79. The predicted octanol–water partition coefficient (Wildman–Crippen LogP) is 2.58. The molecule has 0 amide bonds. The summed E-state index contributed by atoms with van der Waals surface area (Å²) in [5.74, 6) is -0.946. The normalized spacial score (nSPS) is 19.0. The van der Waals surface area contributed by atoms with Gasteiger partial charge in [0.05, 0.1) is 6.42 Å².